The van der Waals surface area contributed by atoms with Gasteiger partial charge in [0.2, 0.25) is 0 Å². The van der Waals surface area contributed by atoms with Gasteiger partial charge in [-0.25, -0.2) is 9.59 Å². The van der Waals surface area contributed by atoms with E-state index in [9.17, 15) is 9.59 Å². The molecule has 3 fully saturated rings. The number of aliphatic carboxylic acids is 2. The Morgan fingerprint density at radius 1 is 1.20 bits per heavy atom. The first-order chi connectivity index (χ1) is 6.91. The molecule has 1 atom stereocenters. The monoisotopic (exact) mass is 214 g/mol. The lowest BCUT2D eigenvalue weighted by Crippen LogP contribution is -2.63. The summed E-state index contributed by atoms with van der Waals surface area (Å²) < 4.78 is 5.38. The van der Waals surface area contributed by atoms with Gasteiger partial charge in [-0.3, -0.25) is 0 Å². The van der Waals surface area contributed by atoms with Gasteiger partial charge in [0.05, 0.1) is 0 Å². The zero-order chi connectivity index (χ0) is 11.3. The van der Waals surface area contributed by atoms with Crippen LogP contribution in [0, 0.1) is 5.92 Å². The second-order valence-electron chi connectivity index (χ2n) is 4.59. The number of carbonyl (C=O) groups is 2. The minimum absolute atomic E-state index is 0.0591. The van der Waals surface area contributed by atoms with Crippen molar-refractivity contribution in [1.29, 1.82) is 0 Å². The predicted molar refractivity (Wildman–Crippen MR) is 49.5 cm³/mol. The molecule has 0 aromatic carbocycles. The number of carboxylic acid groups (broad SMARTS) is 2. The fourth-order valence-electron chi connectivity index (χ4n) is 2.70. The standard InChI is InChI=1S/C10H14O5/c1-9(7(11)12)6-2-4-10(15-9,5-3-6)8(13)14/h6H,2-5H2,1H3,(H,11,12)(H,13,14). The number of hydrogen-bond acceptors (Lipinski definition) is 3. The molecule has 3 aliphatic rings. The summed E-state index contributed by atoms with van der Waals surface area (Å²) in [6.07, 6.45) is 2.09. The number of ether oxygens (including phenoxy) is 1. The molecule has 0 aromatic heterocycles. The summed E-state index contributed by atoms with van der Waals surface area (Å²) in [6.45, 7) is 1.48. The van der Waals surface area contributed by atoms with Gasteiger partial charge in [-0.1, -0.05) is 0 Å². The molecule has 0 aromatic rings. The van der Waals surface area contributed by atoms with Crippen LogP contribution in [0.25, 0.3) is 0 Å². The summed E-state index contributed by atoms with van der Waals surface area (Å²) in [5.74, 6) is -2.15. The first-order valence-electron chi connectivity index (χ1n) is 5.08. The minimum Gasteiger partial charge on any atom is -0.479 e. The van der Waals surface area contributed by atoms with Crippen LogP contribution in [-0.4, -0.2) is 33.4 Å². The van der Waals surface area contributed by atoms with Gasteiger partial charge in [0.1, 0.15) is 0 Å². The molecule has 1 saturated carbocycles. The Bertz CT molecular complexity index is 302. The molecule has 2 aliphatic heterocycles. The van der Waals surface area contributed by atoms with Crippen LogP contribution in [0.1, 0.15) is 32.6 Å². The van der Waals surface area contributed by atoms with E-state index < -0.39 is 23.1 Å². The molecular weight excluding hydrogens is 200 g/mol. The van der Waals surface area contributed by atoms with E-state index >= 15 is 0 Å². The van der Waals surface area contributed by atoms with Gasteiger partial charge < -0.3 is 14.9 Å². The highest BCUT2D eigenvalue weighted by molar-refractivity contribution is 5.82. The highest BCUT2D eigenvalue weighted by atomic mass is 16.6. The zero-order valence-electron chi connectivity index (χ0n) is 8.52. The van der Waals surface area contributed by atoms with Crippen LogP contribution < -0.4 is 0 Å². The van der Waals surface area contributed by atoms with Crippen molar-refractivity contribution in [2.24, 2.45) is 5.92 Å². The molecule has 5 nitrogen and oxygen atoms in total. The second-order valence-corrected chi connectivity index (χ2v) is 4.59. The Balaban J connectivity index is 2.35. The Labute approximate surface area is 87.0 Å². The average molecular weight is 214 g/mol. The average Bonchev–Trinajstić information content (AvgIpc) is 2.18. The Kier molecular flexibility index (Phi) is 2.05. The summed E-state index contributed by atoms with van der Waals surface area (Å²) in [6, 6.07) is 0. The highest BCUT2D eigenvalue weighted by Gasteiger charge is 2.60. The number of rotatable bonds is 2. The molecule has 0 radical (unpaired) electrons. The summed E-state index contributed by atoms with van der Waals surface area (Å²) in [5.41, 5.74) is -2.59. The third kappa shape index (κ3) is 1.26. The fourth-order valence-corrected chi connectivity index (χ4v) is 2.70. The summed E-state index contributed by atoms with van der Waals surface area (Å²) in [7, 11) is 0. The van der Waals surface area contributed by atoms with E-state index in [-0.39, 0.29) is 5.92 Å². The van der Waals surface area contributed by atoms with Crippen LogP contribution in [0.2, 0.25) is 0 Å². The van der Waals surface area contributed by atoms with Crippen molar-refractivity contribution in [2.45, 2.75) is 43.8 Å². The van der Waals surface area contributed by atoms with Crippen molar-refractivity contribution in [2.75, 3.05) is 0 Å². The molecule has 15 heavy (non-hydrogen) atoms. The number of carboxylic acids is 2. The summed E-state index contributed by atoms with van der Waals surface area (Å²) >= 11 is 0. The van der Waals surface area contributed by atoms with Crippen LogP contribution in [0.5, 0.6) is 0 Å². The molecule has 1 unspecified atom stereocenters. The first-order valence-corrected chi connectivity index (χ1v) is 5.08. The van der Waals surface area contributed by atoms with E-state index in [0.29, 0.717) is 25.7 Å². The van der Waals surface area contributed by atoms with E-state index in [4.69, 9.17) is 14.9 Å². The van der Waals surface area contributed by atoms with E-state index in [2.05, 4.69) is 0 Å². The zero-order valence-corrected chi connectivity index (χ0v) is 8.52. The molecule has 0 amide bonds. The van der Waals surface area contributed by atoms with Crippen LogP contribution in [0.3, 0.4) is 0 Å². The lowest BCUT2D eigenvalue weighted by atomic mass is 9.67. The van der Waals surface area contributed by atoms with Crippen LogP contribution in [0.4, 0.5) is 0 Å². The molecular formula is C10H14O5. The SMILES string of the molecule is CC1(C(=O)O)OC2(C(=O)O)CCC1CC2. The summed E-state index contributed by atoms with van der Waals surface area (Å²) in [4.78, 5) is 22.2. The van der Waals surface area contributed by atoms with Gasteiger partial charge in [0, 0.05) is 0 Å². The molecule has 84 valence electrons. The molecule has 2 bridgehead atoms. The third-order valence-corrected chi connectivity index (χ3v) is 3.79. The lowest BCUT2D eigenvalue weighted by Gasteiger charge is -2.52. The Morgan fingerprint density at radius 3 is 2.13 bits per heavy atom. The van der Waals surface area contributed by atoms with Crippen LogP contribution in [-0.2, 0) is 14.3 Å². The maximum atomic E-state index is 11.1. The molecule has 2 N–H and O–H groups in total. The first kappa shape index (κ1) is 10.4. The van der Waals surface area contributed by atoms with Crippen LogP contribution in [0.15, 0.2) is 0 Å². The molecule has 2 saturated heterocycles. The molecule has 2 heterocycles. The number of fused-ring (bicyclic) bond motifs is 3. The Morgan fingerprint density at radius 2 is 1.73 bits per heavy atom. The highest BCUT2D eigenvalue weighted by Crippen LogP contribution is 2.50. The third-order valence-electron chi connectivity index (χ3n) is 3.79. The maximum absolute atomic E-state index is 11.1. The van der Waals surface area contributed by atoms with E-state index in [1.165, 1.54) is 6.92 Å². The van der Waals surface area contributed by atoms with Gasteiger partial charge in [0.15, 0.2) is 11.2 Å². The number of hydrogen-bond donors (Lipinski definition) is 2. The van der Waals surface area contributed by atoms with E-state index in [1.54, 1.807) is 0 Å². The Hall–Kier alpha value is -1.10. The molecule has 5 heteroatoms. The lowest BCUT2D eigenvalue weighted by molar-refractivity contribution is -0.251. The van der Waals surface area contributed by atoms with Crippen molar-refractivity contribution in [3.63, 3.8) is 0 Å². The van der Waals surface area contributed by atoms with Crippen LogP contribution >= 0.6 is 0 Å². The van der Waals surface area contributed by atoms with E-state index in [0.717, 1.165) is 0 Å². The summed E-state index contributed by atoms with van der Waals surface area (Å²) in [5, 5.41) is 18.2. The maximum Gasteiger partial charge on any atom is 0.336 e. The van der Waals surface area contributed by atoms with E-state index in [1.807, 2.05) is 0 Å². The largest absolute Gasteiger partial charge is 0.479 e. The van der Waals surface area contributed by atoms with Gasteiger partial charge in [-0.15, -0.1) is 0 Å². The van der Waals surface area contributed by atoms with Gasteiger partial charge in [-0.05, 0) is 38.5 Å². The van der Waals surface area contributed by atoms with Gasteiger partial charge in [0.25, 0.3) is 0 Å². The smallest absolute Gasteiger partial charge is 0.336 e. The normalized spacial score (nSPS) is 43.9. The quantitative estimate of drug-likeness (QED) is 0.712. The topological polar surface area (TPSA) is 83.8 Å². The fraction of sp³-hybridized carbons (Fsp3) is 0.800. The van der Waals surface area contributed by atoms with Crippen molar-refractivity contribution >= 4 is 11.9 Å². The molecule has 0 spiro atoms. The molecule has 1 aliphatic carbocycles. The molecule has 3 rings (SSSR count). The van der Waals surface area contributed by atoms with Crippen molar-refractivity contribution in [1.82, 2.24) is 0 Å². The second kappa shape index (κ2) is 2.95. The minimum atomic E-state index is -1.32. The predicted octanol–water partition coefficient (Wildman–Crippen LogP) is 0.873. The van der Waals surface area contributed by atoms with Gasteiger partial charge >= 0.3 is 11.9 Å². The van der Waals surface area contributed by atoms with Crippen molar-refractivity contribution < 1.29 is 24.5 Å². The van der Waals surface area contributed by atoms with Crippen molar-refractivity contribution in [3.8, 4) is 0 Å². The van der Waals surface area contributed by atoms with Crippen molar-refractivity contribution in [3.05, 3.63) is 0 Å². The van der Waals surface area contributed by atoms with Gasteiger partial charge in [-0.2, -0.15) is 0 Å².